The van der Waals surface area contributed by atoms with Gasteiger partial charge in [-0.15, -0.1) is 0 Å². The van der Waals surface area contributed by atoms with Crippen LogP contribution in [0.1, 0.15) is 29.5 Å². The number of rotatable bonds is 2. The summed E-state index contributed by atoms with van der Waals surface area (Å²) in [6.45, 7) is 7.17. The van der Waals surface area contributed by atoms with Crippen molar-refractivity contribution in [2.24, 2.45) is 5.92 Å². The van der Waals surface area contributed by atoms with Gasteiger partial charge in [0, 0.05) is 19.1 Å². The fourth-order valence-electron chi connectivity index (χ4n) is 3.45. The first-order valence-corrected chi connectivity index (χ1v) is 7.71. The van der Waals surface area contributed by atoms with Crippen LogP contribution in [0.15, 0.2) is 18.2 Å². The van der Waals surface area contributed by atoms with Crippen LogP contribution in [0.2, 0.25) is 0 Å². The third-order valence-corrected chi connectivity index (χ3v) is 4.88. The Morgan fingerprint density at radius 3 is 2.90 bits per heavy atom. The van der Waals surface area contributed by atoms with E-state index in [1.165, 1.54) is 24.0 Å². The molecule has 1 aromatic carbocycles. The largest absolute Gasteiger partial charge is 0.341 e. The molecule has 2 aliphatic rings. The summed E-state index contributed by atoms with van der Waals surface area (Å²) in [5.41, 5.74) is 3.70. The number of benzene rings is 1. The lowest BCUT2D eigenvalue weighted by atomic mass is 9.94. The van der Waals surface area contributed by atoms with Gasteiger partial charge in [-0.3, -0.25) is 4.79 Å². The summed E-state index contributed by atoms with van der Waals surface area (Å²) >= 11 is 0. The first-order valence-electron chi connectivity index (χ1n) is 7.71. The van der Waals surface area contributed by atoms with Crippen molar-refractivity contribution >= 4 is 5.91 Å². The molecular weight excluding hydrogens is 248 g/mol. The normalized spacial score (nSPS) is 25.6. The van der Waals surface area contributed by atoms with Gasteiger partial charge in [-0.05, 0) is 55.8 Å². The predicted octanol–water partition coefficient (Wildman–Crippen LogP) is 2.06. The van der Waals surface area contributed by atoms with E-state index < -0.39 is 0 Å². The van der Waals surface area contributed by atoms with Gasteiger partial charge in [-0.1, -0.05) is 18.2 Å². The van der Waals surface area contributed by atoms with Gasteiger partial charge in [0.1, 0.15) is 0 Å². The quantitative estimate of drug-likeness (QED) is 0.894. The van der Waals surface area contributed by atoms with Crippen molar-refractivity contribution in [3.05, 3.63) is 34.9 Å². The van der Waals surface area contributed by atoms with E-state index in [9.17, 15) is 4.79 Å². The Morgan fingerprint density at radius 1 is 1.30 bits per heavy atom. The number of aryl methyl sites for hydroxylation is 2. The van der Waals surface area contributed by atoms with Crippen molar-refractivity contribution in [3.63, 3.8) is 0 Å². The molecule has 1 N–H and O–H groups in total. The van der Waals surface area contributed by atoms with E-state index in [1.807, 2.05) is 0 Å². The lowest BCUT2D eigenvalue weighted by Crippen LogP contribution is -2.41. The topological polar surface area (TPSA) is 32.3 Å². The average molecular weight is 272 g/mol. The zero-order valence-electron chi connectivity index (χ0n) is 12.5. The number of piperidine rings is 1. The van der Waals surface area contributed by atoms with E-state index in [1.54, 1.807) is 0 Å². The van der Waals surface area contributed by atoms with E-state index >= 15 is 0 Å². The summed E-state index contributed by atoms with van der Waals surface area (Å²) < 4.78 is 0. The second-order valence-electron chi connectivity index (χ2n) is 6.36. The number of carbonyl (C=O) groups is 1. The Balaban J connectivity index is 1.63. The zero-order valence-corrected chi connectivity index (χ0v) is 12.5. The lowest BCUT2D eigenvalue weighted by molar-refractivity contribution is -0.129. The molecule has 2 aliphatic heterocycles. The first kappa shape index (κ1) is 13.6. The Hall–Kier alpha value is -1.35. The molecule has 0 saturated carbocycles. The molecule has 3 heteroatoms. The van der Waals surface area contributed by atoms with Gasteiger partial charge >= 0.3 is 0 Å². The maximum Gasteiger partial charge on any atom is 0.227 e. The molecule has 2 unspecified atom stereocenters. The summed E-state index contributed by atoms with van der Waals surface area (Å²) in [4.78, 5) is 14.5. The van der Waals surface area contributed by atoms with Gasteiger partial charge in [0.25, 0.3) is 0 Å². The number of likely N-dealkylation sites (tertiary alicyclic amines) is 1. The molecule has 0 aromatic heterocycles. The zero-order chi connectivity index (χ0) is 14.1. The Kier molecular flexibility index (Phi) is 3.79. The summed E-state index contributed by atoms with van der Waals surface area (Å²) in [6, 6.07) is 6.88. The Bertz CT molecular complexity index is 498. The Morgan fingerprint density at radius 2 is 2.15 bits per heavy atom. The van der Waals surface area contributed by atoms with Crippen molar-refractivity contribution < 1.29 is 4.79 Å². The van der Waals surface area contributed by atoms with E-state index in [4.69, 9.17) is 0 Å². The molecule has 1 amide bonds. The molecule has 2 fully saturated rings. The van der Waals surface area contributed by atoms with Crippen LogP contribution in [0, 0.1) is 19.8 Å². The molecule has 20 heavy (non-hydrogen) atoms. The summed E-state index contributed by atoms with van der Waals surface area (Å²) in [6.07, 6.45) is 3.06. The maximum absolute atomic E-state index is 12.5. The van der Waals surface area contributed by atoms with Crippen molar-refractivity contribution in [2.75, 3.05) is 19.6 Å². The second kappa shape index (κ2) is 5.57. The van der Waals surface area contributed by atoms with E-state index in [0.717, 1.165) is 25.2 Å². The van der Waals surface area contributed by atoms with Gasteiger partial charge < -0.3 is 10.2 Å². The first-order chi connectivity index (χ1) is 9.63. The molecule has 0 spiro atoms. The smallest absolute Gasteiger partial charge is 0.227 e. The predicted molar refractivity (Wildman–Crippen MR) is 80.7 cm³/mol. The molecular formula is C17H24N2O. The Labute approximate surface area is 121 Å². The number of hydrogen-bond acceptors (Lipinski definition) is 2. The van der Waals surface area contributed by atoms with Crippen LogP contribution in [0.3, 0.4) is 0 Å². The summed E-state index contributed by atoms with van der Waals surface area (Å²) in [5.74, 6) is 0.955. The number of nitrogens with one attached hydrogen (secondary N) is 1. The summed E-state index contributed by atoms with van der Waals surface area (Å²) in [7, 11) is 0. The highest BCUT2D eigenvalue weighted by Gasteiger charge is 2.36. The highest BCUT2D eigenvalue weighted by Crippen LogP contribution is 2.25. The molecule has 3 rings (SSSR count). The molecule has 1 aromatic rings. The van der Waals surface area contributed by atoms with Crippen molar-refractivity contribution in [1.82, 2.24) is 10.2 Å². The van der Waals surface area contributed by atoms with Crippen molar-refractivity contribution in [2.45, 2.75) is 39.2 Å². The lowest BCUT2D eigenvalue weighted by Gasteiger charge is -2.24. The van der Waals surface area contributed by atoms with Crippen LogP contribution in [0.5, 0.6) is 0 Å². The molecule has 0 aliphatic carbocycles. The number of nitrogens with zero attached hydrogens (tertiary/aromatic N) is 1. The van der Waals surface area contributed by atoms with Gasteiger partial charge in [-0.25, -0.2) is 0 Å². The van der Waals surface area contributed by atoms with E-state index in [0.29, 0.717) is 18.4 Å². The standard InChI is InChI=1S/C17H24N2O/c1-12-5-6-14(8-13(12)2)9-17(20)19-10-15-4-3-7-18-16(15)11-19/h5-6,8,15-16,18H,3-4,7,9-11H2,1-2H3. The van der Waals surface area contributed by atoms with Crippen LogP contribution in [-0.4, -0.2) is 36.5 Å². The van der Waals surface area contributed by atoms with Crippen molar-refractivity contribution in [3.8, 4) is 0 Å². The fraction of sp³-hybridized carbons (Fsp3) is 0.588. The van der Waals surface area contributed by atoms with E-state index in [-0.39, 0.29) is 5.91 Å². The van der Waals surface area contributed by atoms with Crippen molar-refractivity contribution in [1.29, 1.82) is 0 Å². The SMILES string of the molecule is Cc1ccc(CC(=O)N2CC3CCCNC3C2)cc1C. The maximum atomic E-state index is 12.5. The number of carbonyl (C=O) groups excluding carboxylic acids is 1. The highest BCUT2D eigenvalue weighted by atomic mass is 16.2. The molecule has 108 valence electrons. The molecule has 3 nitrogen and oxygen atoms in total. The van der Waals surface area contributed by atoms with E-state index in [2.05, 4.69) is 42.3 Å². The van der Waals surface area contributed by atoms with Crippen LogP contribution in [-0.2, 0) is 11.2 Å². The van der Waals surface area contributed by atoms with Crippen LogP contribution in [0.25, 0.3) is 0 Å². The third-order valence-electron chi connectivity index (χ3n) is 4.88. The molecule has 0 bridgehead atoms. The minimum atomic E-state index is 0.282. The second-order valence-corrected chi connectivity index (χ2v) is 6.36. The summed E-state index contributed by atoms with van der Waals surface area (Å²) in [5, 5.41) is 3.55. The van der Waals surface area contributed by atoms with Gasteiger partial charge in [-0.2, -0.15) is 0 Å². The van der Waals surface area contributed by atoms with Crippen LogP contribution in [0.4, 0.5) is 0 Å². The minimum absolute atomic E-state index is 0.282. The molecule has 0 radical (unpaired) electrons. The number of fused-ring (bicyclic) bond motifs is 1. The molecule has 2 saturated heterocycles. The van der Waals surface area contributed by atoms with Crippen LogP contribution < -0.4 is 5.32 Å². The molecule has 2 heterocycles. The molecule has 2 atom stereocenters. The van der Waals surface area contributed by atoms with Gasteiger partial charge in [0.2, 0.25) is 5.91 Å². The average Bonchev–Trinajstić information content (AvgIpc) is 2.87. The monoisotopic (exact) mass is 272 g/mol. The van der Waals surface area contributed by atoms with Gasteiger partial charge in [0.15, 0.2) is 0 Å². The number of hydrogen-bond donors (Lipinski definition) is 1. The van der Waals surface area contributed by atoms with Crippen LogP contribution >= 0.6 is 0 Å². The fourth-order valence-corrected chi connectivity index (χ4v) is 3.45. The minimum Gasteiger partial charge on any atom is -0.341 e. The third kappa shape index (κ3) is 2.73. The van der Waals surface area contributed by atoms with Gasteiger partial charge in [0.05, 0.1) is 6.42 Å². The highest BCUT2D eigenvalue weighted by molar-refractivity contribution is 5.79. The number of amides is 1.